The third kappa shape index (κ3) is 2.51. The molecule has 2 N–H and O–H groups in total. The van der Waals surface area contributed by atoms with Crippen molar-refractivity contribution in [3.63, 3.8) is 0 Å². The van der Waals surface area contributed by atoms with Crippen molar-refractivity contribution in [1.29, 1.82) is 0 Å². The highest BCUT2D eigenvalue weighted by Gasteiger charge is 2.29. The molecule has 0 aliphatic rings. The quantitative estimate of drug-likeness (QED) is 0.780. The first-order valence-electron chi connectivity index (χ1n) is 4.53. The summed E-state index contributed by atoms with van der Waals surface area (Å²) in [4.78, 5) is 6.73. The van der Waals surface area contributed by atoms with Crippen LogP contribution < -0.4 is 5.32 Å². The summed E-state index contributed by atoms with van der Waals surface area (Å²) in [5, 5.41) is 2.94. The van der Waals surface area contributed by atoms with Gasteiger partial charge in [0, 0.05) is 25.6 Å². The molecule has 0 spiro atoms. The fourth-order valence-corrected chi connectivity index (χ4v) is 1.31. The lowest BCUT2D eigenvalue weighted by atomic mass is 10.2. The second-order valence-electron chi connectivity index (χ2n) is 3.40. The lowest BCUT2D eigenvalue weighted by Crippen LogP contribution is -2.12. The Kier molecular flexibility index (Phi) is 3.21. The molecule has 5 heteroatoms. The Balaban J connectivity index is 2.83. The van der Waals surface area contributed by atoms with E-state index in [1.165, 1.54) is 0 Å². The molecule has 80 valence electrons. The maximum atomic E-state index is 13.0. The molecule has 1 aromatic rings. The van der Waals surface area contributed by atoms with Crippen LogP contribution in [0, 0.1) is 6.92 Å². The SMILES string of the molecule is CNCCc1nc(C(C)(F)F)c(C)[nH]1. The lowest BCUT2D eigenvalue weighted by Gasteiger charge is -2.06. The van der Waals surface area contributed by atoms with Crippen molar-refractivity contribution in [3.8, 4) is 0 Å². The molecule has 0 fully saturated rings. The number of nitrogens with zero attached hydrogens (tertiary/aromatic N) is 1. The van der Waals surface area contributed by atoms with Gasteiger partial charge in [0.15, 0.2) is 0 Å². The Morgan fingerprint density at radius 2 is 2.14 bits per heavy atom. The minimum atomic E-state index is -2.86. The number of hydrogen-bond acceptors (Lipinski definition) is 2. The van der Waals surface area contributed by atoms with Crippen LogP contribution in [0.2, 0.25) is 0 Å². The first kappa shape index (κ1) is 11.1. The molecule has 1 heterocycles. The summed E-state index contributed by atoms with van der Waals surface area (Å²) in [6.07, 6.45) is 0.632. The predicted molar refractivity (Wildman–Crippen MR) is 50.5 cm³/mol. The minimum Gasteiger partial charge on any atom is -0.346 e. The summed E-state index contributed by atoms with van der Waals surface area (Å²) in [6, 6.07) is 0. The number of H-pyrrole nitrogens is 1. The van der Waals surface area contributed by atoms with Gasteiger partial charge < -0.3 is 10.3 Å². The number of rotatable bonds is 4. The minimum absolute atomic E-state index is 0.149. The van der Waals surface area contributed by atoms with Crippen LogP contribution in [-0.2, 0) is 12.3 Å². The molecule has 0 unspecified atom stereocenters. The Morgan fingerprint density at radius 1 is 1.50 bits per heavy atom. The highest BCUT2D eigenvalue weighted by atomic mass is 19.3. The van der Waals surface area contributed by atoms with Gasteiger partial charge in [-0.1, -0.05) is 0 Å². The molecule has 0 atom stereocenters. The fraction of sp³-hybridized carbons (Fsp3) is 0.667. The Morgan fingerprint density at radius 3 is 2.57 bits per heavy atom. The van der Waals surface area contributed by atoms with Gasteiger partial charge in [0.05, 0.1) is 0 Å². The van der Waals surface area contributed by atoms with E-state index in [9.17, 15) is 8.78 Å². The van der Waals surface area contributed by atoms with Gasteiger partial charge in [-0.25, -0.2) is 4.98 Å². The predicted octanol–water partition coefficient (Wildman–Crippen LogP) is 1.59. The van der Waals surface area contributed by atoms with Gasteiger partial charge in [-0.2, -0.15) is 8.78 Å². The highest BCUT2D eigenvalue weighted by Crippen LogP contribution is 2.27. The molecule has 0 aromatic carbocycles. The van der Waals surface area contributed by atoms with Gasteiger partial charge >= 0.3 is 0 Å². The van der Waals surface area contributed by atoms with E-state index in [0.717, 1.165) is 13.5 Å². The van der Waals surface area contributed by atoms with E-state index < -0.39 is 5.92 Å². The number of alkyl halides is 2. The van der Waals surface area contributed by atoms with E-state index in [1.54, 1.807) is 6.92 Å². The van der Waals surface area contributed by atoms with E-state index in [4.69, 9.17) is 0 Å². The highest BCUT2D eigenvalue weighted by molar-refractivity contribution is 5.17. The van der Waals surface area contributed by atoms with Crippen LogP contribution in [0.1, 0.15) is 24.1 Å². The summed E-state index contributed by atoms with van der Waals surface area (Å²) in [5.41, 5.74) is 0.298. The van der Waals surface area contributed by atoms with Gasteiger partial charge in [-0.15, -0.1) is 0 Å². The molecule has 0 bridgehead atoms. The average Bonchev–Trinajstić information content (AvgIpc) is 2.42. The summed E-state index contributed by atoms with van der Waals surface area (Å²) < 4.78 is 25.9. The molecule has 0 aliphatic carbocycles. The summed E-state index contributed by atoms with van der Waals surface area (Å²) in [7, 11) is 1.81. The maximum absolute atomic E-state index is 13.0. The molecule has 14 heavy (non-hydrogen) atoms. The first-order chi connectivity index (χ1) is 6.45. The van der Waals surface area contributed by atoms with Crippen molar-refractivity contribution in [2.24, 2.45) is 0 Å². The van der Waals surface area contributed by atoms with Crippen molar-refractivity contribution in [1.82, 2.24) is 15.3 Å². The van der Waals surface area contributed by atoms with Crippen LogP contribution in [0.3, 0.4) is 0 Å². The molecule has 0 radical (unpaired) electrons. The molecule has 3 nitrogen and oxygen atoms in total. The van der Waals surface area contributed by atoms with E-state index in [1.807, 2.05) is 7.05 Å². The molecular weight excluding hydrogens is 188 g/mol. The van der Waals surface area contributed by atoms with Crippen molar-refractivity contribution in [3.05, 3.63) is 17.2 Å². The van der Waals surface area contributed by atoms with E-state index in [2.05, 4.69) is 15.3 Å². The van der Waals surface area contributed by atoms with Gasteiger partial charge in [-0.05, 0) is 14.0 Å². The maximum Gasteiger partial charge on any atom is 0.288 e. The topological polar surface area (TPSA) is 40.7 Å². The normalized spacial score (nSPS) is 12.1. The molecule has 1 rings (SSSR count). The van der Waals surface area contributed by atoms with Gasteiger partial charge in [0.2, 0.25) is 0 Å². The number of aromatic nitrogens is 2. The summed E-state index contributed by atoms with van der Waals surface area (Å²) in [6.45, 7) is 3.20. The summed E-state index contributed by atoms with van der Waals surface area (Å²) in [5.74, 6) is -2.26. The van der Waals surface area contributed by atoms with Crippen molar-refractivity contribution in [2.75, 3.05) is 13.6 Å². The van der Waals surface area contributed by atoms with Crippen LogP contribution in [0.25, 0.3) is 0 Å². The van der Waals surface area contributed by atoms with Crippen LogP contribution in [-0.4, -0.2) is 23.6 Å². The van der Waals surface area contributed by atoms with Gasteiger partial charge in [0.1, 0.15) is 11.5 Å². The lowest BCUT2D eigenvalue weighted by molar-refractivity contribution is 0.0124. The zero-order valence-corrected chi connectivity index (χ0v) is 8.62. The second kappa shape index (κ2) is 4.04. The van der Waals surface area contributed by atoms with Crippen LogP contribution >= 0.6 is 0 Å². The molecule has 0 aliphatic heterocycles. The largest absolute Gasteiger partial charge is 0.346 e. The summed E-state index contributed by atoms with van der Waals surface area (Å²) >= 11 is 0. The Bertz CT molecular complexity index is 301. The Labute approximate surface area is 81.9 Å². The van der Waals surface area contributed by atoms with Crippen molar-refractivity contribution in [2.45, 2.75) is 26.2 Å². The number of likely N-dealkylation sites (N-methyl/N-ethyl adjacent to an activating group) is 1. The number of nitrogens with one attached hydrogen (secondary N) is 2. The average molecular weight is 203 g/mol. The number of aryl methyl sites for hydroxylation is 1. The number of halogens is 2. The molecule has 0 saturated heterocycles. The third-order valence-electron chi connectivity index (χ3n) is 1.96. The molecule has 1 aromatic heterocycles. The number of aromatic amines is 1. The zero-order chi connectivity index (χ0) is 10.8. The van der Waals surface area contributed by atoms with Crippen LogP contribution in [0.5, 0.6) is 0 Å². The van der Waals surface area contributed by atoms with Crippen molar-refractivity contribution >= 4 is 0 Å². The van der Waals surface area contributed by atoms with Gasteiger partial charge in [0.25, 0.3) is 5.92 Å². The number of imidazole rings is 1. The third-order valence-corrected chi connectivity index (χ3v) is 1.96. The monoisotopic (exact) mass is 203 g/mol. The van der Waals surface area contributed by atoms with E-state index in [-0.39, 0.29) is 5.69 Å². The smallest absolute Gasteiger partial charge is 0.288 e. The van der Waals surface area contributed by atoms with Gasteiger partial charge in [-0.3, -0.25) is 0 Å². The van der Waals surface area contributed by atoms with Crippen molar-refractivity contribution < 1.29 is 8.78 Å². The van der Waals surface area contributed by atoms with Crippen LogP contribution in [0.4, 0.5) is 8.78 Å². The second-order valence-corrected chi connectivity index (χ2v) is 3.40. The molecule has 0 amide bonds. The van der Waals surface area contributed by atoms with E-state index >= 15 is 0 Å². The van der Waals surface area contributed by atoms with Crippen LogP contribution in [0.15, 0.2) is 0 Å². The zero-order valence-electron chi connectivity index (χ0n) is 8.62. The number of hydrogen-bond donors (Lipinski definition) is 2. The molecule has 0 saturated carbocycles. The Hall–Kier alpha value is -0.970. The fourth-order valence-electron chi connectivity index (χ4n) is 1.31. The first-order valence-corrected chi connectivity index (χ1v) is 4.53. The van der Waals surface area contributed by atoms with E-state index in [0.29, 0.717) is 17.9 Å². The molecular formula is C9H15F2N3. The standard InChI is InChI=1S/C9H15F2N3/c1-6-8(9(2,10)11)14-7(13-6)4-5-12-3/h12H,4-5H2,1-3H3,(H,13,14).